The van der Waals surface area contributed by atoms with E-state index in [4.69, 9.17) is 5.26 Å². The summed E-state index contributed by atoms with van der Waals surface area (Å²) in [6, 6.07) is 14.0. The Morgan fingerprint density at radius 2 is 2.00 bits per heavy atom. The van der Waals surface area contributed by atoms with E-state index in [1.165, 1.54) is 11.1 Å². The molecular weight excluding hydrogens is 338 g/mol. The average Bonchev–Trinajstić information content (AvgIpc) is 3.29. The lowest BCUT2D eigenvalue weighted by Crippen LogP contribution is -2.25. The highest BCUT2D eigenvalue weighted by molar-refractivity contribution is 5.78. The van der Waals surface area contributed by atoms with E-state index in [-0.39, 0.29) is 5.91 Å². The van der Waals surface area contributed by atoms with Crippen LogP contribution in [0.2, 0.25) is 0 Å². The molecule has 1 N–H and O–H groups in total. The number of pyridine rings is 1. The predicted octanol–water partition coefficient (Wildman–Crippen LogP) is 2.62. The molecule has 27 heavy (non-hydrogen) atoms. The monoisotopic (exact) mass is 359 g/mol. The first-order valence-corrected chi connectivity index (χ1v) is 9.16. The number of rotatable bonds is 6. The quantitative estimate of drug-likeness (QED) is 0.734. The Morgan fingerprint density at radius 1 is 1.15 bits per heavy atom. The Kier molecular flexibility index (Phi) is 4.86. The fourth-order valence-corrected chi connectivity index (χ4v) is 3.51. The number of aromatic nitrogens is 2. The van der Waals surface area contributed by atoms with E-state index in [1.54, 1.807) is 6.07 Å². The highest BCUT2D eigenvalue weighted by atomic mass is 16.2. The number of likely N-dealkylation sites (tertiary alicyclic amines) is 1. The molecule has 3 aromatic rings. The number of imidazole rings is 1. The fraction of sp³-hybridized carbons (Fsp3) is 0.286. The molecule has 1 saturated heterocycles. The number of carbonyl (C=O) groups is 1. The first-order valence-electron chi connectivity index (χ1n) is 9.16. The summed E-state index contributed by atoms with van der Waals surface area (Å²) in [6.45, 7) is 2.89. The lowest BCUT2D eigenvalue weighted by atomic mass is 10.1. The molecule has 0 atom stereocenters. The topological polar surface area (TPSA) is 73.4 Å². The molecule has 1 amide bonds. The van der Waals surface area contributed by atoms with Gasteiger partial charge in [-0.05, 0) is 29.7 Å². The Labute approximate surface area is 158 Å². The van der Waals surface area contributed by atoms with Crippen LogP contribution in [0.15, 0.2) is 48.8 Å². The van der Waals surface area contributed by atoms with Crippen molar-refractivity contribution in [2.45, 2.75) is 32.5 Å². The van der Waals surface area contributed by atoms with Crippen molar-refractivity contribution in [2.24, 2.45) is 0 Å². The van der Waals surface area contributed by atoms with Crippen LogP contribution < -0.4 is 5.32 Å². The first-order chi connectivity index (χ1) is 13.2. The van der Waals surface area contributed by atoms with Crippen LogP contribution in [0.1, 0.15) is 35.2 Å². The van der Waals surface area contributed by atoms with Gasteiger partial charge in [-0.1, -0.05) is 24.3 Å². The lowest BCUT2D eigenvalue weighted by Gasteiger charge is -2.18. The molecule has 6 nitrogen and oxygen atoms in total. The van der Waals surface area contributed by atoms with E-state index in [2.05, 4.69) is 28.5 Å². The minimum atomic E-state index is 0.247. The van der Waals surface area contributed by atoms with E-state index in [0.29, 0.717) is 31.6 Å². The number of carbonyl (C=O) groups excluding carboxylic acids is 1. The van der Waals surface area contributed by atoms with Crippen molar-refractivity contribution in [1.82, 2.24) is 19.6 Å². The van der Waals surface area contributed by atoms with Crippen LogP contribution in [0.3, 0.4) is 0 Å². The second kappa shape index (κ2) is 7.60. The van der Waals surface area contributed by atoms with Crippen LogP contribution in [0.25, 0.3) is 5.65 Å². The molecule has 1 aliphatic heterocycles. The van der Waals surface area contributed by atoms with Gasteiger partial charge in [-0.25, -0.2) is 4.98 Å². The van der Waals surface area contributed by atoms with Crippen molar-refractivity contribution >= 4 is 11.6 Å². The van der Waals surface area contributed by atoms with Gasteiger partial charge in [-0.2, -0.15) is 5.26 Å². The third-order valence-corrected chi connectivity index (χ3v) is 4.98. The molecule has 2 aromatic heterocycles. The minimum absolute atomic E-state index is 0.247. The molecule has 1 aliphatic rings. The number of hydrogen-bond acceptors (Lipinski definition) is 4. The molecule has 0 unspecified atom stereocenters. The number of benzene rings is 1. The number of fused-ring (bicyclic) bond motifs is 1. The molecule has 0 aliphatic carbocycles. The van der Waals surface area contributed by atoms with Crippen molar-refractivity contribution < 1.29 is 4.79 Å². The third kappa shape index (κ3) is 3.69. The maximum Gasteiger partial charge on any atom is 0.222 e. The molecule has 1 aromatic carbocycles. The van der Waals surface area contributed by atoms with Gasteiger partial charge in [-0.15, -0.1) is 0 Å². The predicted molar refractivity (Wildman–Crippen MR) is 102 cm³/mol. The maximum atomic E-state index is 11.9. The number of hydrogen-bond donors (Lipinski definition) is 1. The summed E-state index contributed by atoms with van der Waals surface area (Å²) in [5, 5.41) is 12.6. The van der Waals surface area contributed by atoms with Crippen molar-refractivity contribution in [3.8, 4) is 6.07 Å². The van der Waals surface area contributed by atoms with Crippen LogP contribution >= 0.6 is 0 Å². The number of nitrogens with zero attached hydrogens (tertiary/aromatic N) is 4. The van der Waals surface area contributed by atoms with Gasteiger partial charge in [0.05, 0.1) is 17.5 Å². The molecule has 6 heteroatoms. The lowest BCUT2D eigenvalue weighted by molar-refractivity contribution is -0.128. The summed E-state index contributed by atoms with van der Waals surface area (Å²) >= 11 is 0. The van der Waals surface area contributed by atoms with Crippen LogP contribution in [0, 0.1) is 11.3 Å². The van der Waals surface area contributed by atoms with Gasteiger partial charge < -0.3 is 14.6 Å². The highest BCUT2D eigenvalue weighted by Crippen LogP contribution is 2.17. The van der Waals surface area contributed by atoms with E-state index in [1.807, 2.05) is 39.9 Å². The fourth-order valence-electron chi connectivity index (χ4n) is 3.51. The third-order valence-electron chi connectivity index (χ3n) is 4.98. The van der Waals surface area contributed by atoms with Gasteiger partial charge in [0, 0.05) is 38.8 Å². The van der Waals surface area contributed by atoms with Crippen molar-refractivity contribution in [2.75, 3.05) is 6.54 Å². The van der Waals surface area contributed by atoms with Gasteiger partial charge in [0.15, 0.2) is 0 Å². The SMILES string of the molecule is N#Cc1ccc2ncc(CNCc3ccccc3CN3CCCC3=O)n2c1. The average molecular weight is 359 g/mol. The van der Waals surface area contributed by atoms with Crippen molar-refractivity contribution in [1.29, 1.82) is 5.26 Å². The van der Waals surface area contributed by atoms with Crippen LogP contribution in [-0.4, -0.2) is 26.7 Å². The van der Waals surface area contributed by atoms with E-state index in [9.17, 15) is 4.79 Å². The molecule has 0 spiro atoms. The second-order valence-corrected chi connectivity index (χ2v) is 6.80. The number of nitriles is 1. The molecule has 3 heterocycles. The molecule has 4 rings (SSSR count). The zero-order chi connectivity index (χ0) is 18.6. The molecule has 0 saturated carbocycles. The van der Waals surface area contributed by atoms with Crippen LogP contribution in [0.5, 0.6) is 0 Å². The molecule has 0 radical (unpaired) electrons. The van der Waals surface area contributed by atoms with Gasteiger partial charge in [0.2, 0.25) is 5.91 Å². The Morgan fingerprint density at radius 3 is 2.78 bits per heavy atom. The van der Waals surface area contributed by atoms with E-state index in [0.717, 1.165) is 24.3 Å². The minimum Gasteiger partial charge on any atom is -0.338 e. The molecule has 0 bridgehead atoms. The summed E-state index contributed by atoms with van der Waals surface area (Å²) in [5.74, 6) is 0.247. The zero-order valence-electron chi connectivity index (χ0n) is 15.1. The van der Waals surface area contributed by atoms with E-state index < -0.39 is 0 Å². The molecule has 1 fully saturated rings. The van der Waals surface area contributed by atoms with Crippen LogP contribution in [0.4, 0.5) is 0 Å². The van der Waals surface area contributed by atoms with E-state index >= 15 is 0 Å². The Balaban J connectivity index is 1.44. The first kappa shape index (κ1) is 17.3. The molecule has 136 valence electrons. The number of nitrogens with one attached hydrogen (secondary N) is 1. The van der Waals surface area contributed by atoms with Crippen molar-refractivity contribution in [3.63, 3.8) is 0 Å². The summed E-state index contributed by atoms with van der Waals surface area (Å²) in [7, 11) is 0. The maximum absolute atomic E-state index is 11.9. The van der Waals surface area contributed by atoms with Gasteiger partial charge >= 0.3 is 0 Å². The smallest absolute Gasteiger partial charge is 0.222 e. The standard InChI is InChI=1S/C21H21N5O/c22-10-16-7-8-20-24-13-19(26(20)14-16)12-23-11-17-4-1-2-5-18(17)15-25-9-3-6-21(25)27/h1-2,4-5,7-8,13-14,23H,3,6,9,11-12,15H2. The summed E-state index contributed by atoms with van der Waals surface area (Å²) in [4.78, 5) is 18.2. The molecular formula is C21H21N5O. The summed E-state index contributed by atoms with van der Waals surface area (Å²) < 4.78 is 1.94. The van der Waals surface area contributed by atoms with Crippen LogP contribution in [-0.2, 0) is 24.4 Å². The van der Waals surface area contributed by atoms with Gasteiger partial charge in [-0.3, -0.25) is 4.79 Å². The highest BCUT2D eigenvalue weighted by Gasteiger charge is 2.20. The normalized spacial score (nSPS) is 14.0. The summed E-state index contributed by atoms with van der Waals surface area (Å²) in [5.41, 5.74) is 4.84. The number of amides is 1. The Hall–Kier alpha value is -3.17. The summed E-state index contributed by atoms with van der Waals surface area (Å²) in [6.07, 6.45) is 5.27. The van der Waals surface area contributed by atoms with Gasteiger partial charge in [0.1, 0.15) is 11.7 Å². The second-order valence-electron chi connectivity index (χ2n) is 6.80. The van der Waals surface area contributed by atoms with Crippen molar-refractivity contribution in [3.05, 3.63) is 71.2 Å². The zero-order valence-corrected chi connectivity index (χ0v) is 15.1. The van der Waals surface area contributed by atoms with Gasteiger partial charge in [0.25, 0.3) is 0 Å². The Bertz CT molecular complexity index is 1020. The largest absolute Gasteiger partial charge is 0.338 e.